The summed E-state index contributed by atoms with van der Waals surface area (Å²) in [6.07, 6.45) is 2.86. The van der Waals surface area contributed by atoms with Crippen molar-refractivity contribution in [2.45, 2.75) is 6.10 Å². The summed E-state index contributed by atoms with van der Waals surface area (Å²) in [6, 6.07) is 5.56. The first-order valence-electron chi connectivity index (χ1n) is 5.11. The summed E-state index contributed by atoms with van der Waals surface area (Å²) in [7, 11) is 0. The molecule has 0 saturated heterocycles. The van der Waals surface area contributed by atoms with Gasteiger partial charge in [0.2, 0.25) is 0 Å². The molecule has 1 atom stereocenters. The zero-order valence-corrected chi connectivity index (χ0v) is 8.51. The highest BCUT2D eigenvalue weighted by Crippen LogP contribution is 2.34. The van der Waals surface area contributed by atoms with Crippen LogP contribution in [0.3, 0.4) is 0 Å². The van der Waals surface area contributed by atoms with Gasteiger partial charge < -0.3 is 14.2 Å². The Kier molecular flexibility index (Phi) is 2.06. The molecule has 0 fully saturated rings. The van der Waals surface area contributed by atoms with Crippen LogP contribution >= 0.6 is 0 Å². The summed E-state index contributed by atoms with van der Waals surface area (Å²) in [5.74, 6) is 1.14. The Morgan fingerprint density at radius 1 is 1.12 bits per heavy atom. The molecule has 1 unspecified atom stereocenters. The van der Waals surface area contributed by atoms with Gasteiger partial charge in [0.15, 0.2) is 11.5 Å². The summed E-state index contributed by atoms with van der Waals surface area (Å²) in [6.45, 7) is 1.13. The number of cyclic esters (lactones) is 1. The fourth-order valence-corrected chi connectivity index (χ4v) is 1.79. The van der Waals surface area contributed by atoms with Crippen molar-refractivity contribution in [3.63, 3.8) is 0 Å². The maximum atomic E-state index is 11.0. The van der Waals surface area contributed by atoms with E-state index in [-0.39, 0.29) is 12.1 Å². The van der Waals surface area contributed by atoms with Crippen LogP contribution in [-0.2, 0) is 9.53 Å². The molecular formula is C12H10O4. The third-order valence-corrected chi connectivity index (χ3v) is 2.54. The average Bonchev–Trinajstić information content (AvgIpc) is 2.75. The second-order valence-electron chi connectivity index (χ2n) is 3.62. The Morgan fingerprint density at radius 2 is 1.94 bits per heavy atom. The lowest BCUT2D eigenvalue weighted by Crippen LogP contribution is -2.15. The molecule has 2 aliphatic heterocycles. The first-order valence-corrected chi connectivity index (χ1v) is 5.11. The van der Waals surface area contributed by atoms with Crippen molar-refractivity contribution in [1.82, 2.24) is 0 Å². The molecule has 0 bridgehead atoms. The highest BCUT2D eigenvalue weighted by atomic mass is 16.6. The SMILES string of the molecule is O=C1C=CC(c2ccc3c(c2)OCCO3)O1. The summed E-state index contributed by atoms with van der Waals surface area (Å²) in [5, 5.41) is 0. The molecule has 0 aliphatic carbocycles. The number of hydrogen-bond donors (Lipinski definition) is 0. The van der Waals surface area contributed by atoms with Gasteiger partial charge in [0.1, 0.15) is 19.3 Å². The molecule has 0 saturated carbocycles. The minimum Gasteiger partial charge on any atom is -0.486 e. The van der Waals surface area contributed by atoms with Crippen LogP contribution in [0.5, 0.6) is 11.5 Å². The van der Waals surface area contributed by atoms with Crippen molar-refractivity contribution in [3.05, 3.63) is 35.9 Å². The molecule has 0 spiro atoms. The second kappa shape index (κ2) is 3.56. The van der Waals surface area contributed by atoms with Crippen molar-refractivity contribution < 1.29 is 19.0 Å². The van der Waals surface area contributed by atoms with E-state index in [9.17, 15) is 4.79 Å². The van der Waals surface area contributed by atoms with E-state index < -0.39 is 0 Å². The summed E-state index contributed by atoms with van der Waals surface area (Å²) < 4.78 is 16.0. The normalized spacial score (nSPS) is 22.0. The molecule has 2 heterocycles. The molecule has 0 aromatic heterocycles. The van der Waals surface area contributed by atoms with E-state index in [0.717, 1.165) is 11.3 Å². The molecule has 0 radical (unpaired) electrons. The van der Waals surface area contributed by atoms with Crippen LogP contribution in [-0.4, -0.2) is 19.2 Å². The molecule has 2 aliphatic rings. The Hall–Kier alpha value is -1.97. The van der Waals surface area contributed by atoms with Gasteiger partial charge in [-0.25, -0.2) is 4.79 Å². The van der Waals surface area contributed by atoms with Gasteiger partial charge >= 0.3 is 5.97 Å². The third kappa shape index (κ3) is 1.52. The van der Waals surface area contributed by atoms with Crippen LogP contribution in [0.25, 0.3) is 0 Å². The third-order valence-electron chi connectivity index (χ3n) is 2.54. The van der Waals surface area contributed by atoms with Gasteiger partial charge in [-0.1, -0.05) is 6.07 Å². The van der Waals surface area contributed by atoms with Crippen LogP contribution in [0, 0.1) is 0 Å². The number of carbonyl (C=O) groups excluding carboxylic acids is 1. The first-order chi connectivity index (χ1) is 7.83. The molecule has 1 aromatic rings. The van der Waals surface area contributed by atoms with Gasteiger partial charge in [0, 0.05) is 11.6 Å². The quantitative estimate of drug-likeness (QED) is 0.672. The summed E-state index contributed by atoms with van der Waals surface area (Å²) in [4.78, 5) is 11.0. The van der Waals surface area contributed by atoms with Gasteiger partial charge in [0.25, 0.3) is 0 Å². The number of esters is 1. The smallest absolute Gasteiger partial charge is 0.331 e. The number of carbonyl (C=O) groups is 1. The fraction of sp³-hybridized carbons (Fsp3) is 0.250. The van der Waals surface area contributed by atoms with Gasteiger partial charge in [-0.05, 0) is 18.2 Å². The van der Waals surface area contributed by atoms with Crippen molar-refractivity contribution in [3.8, 4) is 11.5 Å². The molecule has 0 N–H and O–H groups in total. The highest BCUT2D eigenvalue weighted by Gasteiger charge is 2.21. The second-order valence-corrected chi connectivity index (χ2v) is 3.62. The zero-order chi connectivity index (χ0) is 11.0. The van der Waals surface area contributed by atoms with E-state index in [1.807, 2.05) is 18.2 Å². The number of hydrogen-bond acceptors (Lipinski definition) is 4. The maximum Gasteiger partial charge on any atom is 0.331 e. The van der Waals surface area contributed by atoms with E-state index in [1.54, 1.807) is 6.08 Å². The van der Waals surface area contributed by atoms with Gasteiger partial charge in [-0.15, -0.1) is 0 Å². The van der Waals surface area contributed by atoms with Crippen LogP contribution in [0.15, 0.2) is 30.4 Å². The Labute approximate surface area is 92.4 Å². The lowest BCUT2D eigenvalue weighted by molar-refractivity contribution is -0.138. The summed E-state index contributed by atoms with van der Waals surface area (Å²) in [5.41, 5.74) is 0.895. The van der Waals surface area contributed by atoms with E-state index >= 15 is 0 Å². The van der Waals surface area contributed by atoms with E-state index in [1.165, 1.54) is 6.08 Å². The monoisotopic (exact) mass is 218 g/mol. The molecule has 0 amide bonds. The standard InChI is InChI=1S/C12H10O4/c13-12-4-3-9(16-12)8-1-2-10-11(7-8)15-6-5-14-10/h1-4,7,9H,5-6H2. The van der Waals surface area contributed by atoms with Crippen molar-refractivity contribution in [2.75, 3.05) is 13.2 Å². The first kappa shape index (κ1) is 9.27. The van der Waals surface area contributed by atoms with Gasteiger partial charge in [-0.2, -0.15) is 0 Å². The van der Waals surface area contributed by atoms with Gasteiger partial charge in [0.05, 0.1) is 0 Å². The van der Waals surface area contributed by atoms with Gasteiger partial charge in [-0.3, -0.25) is 0 Å². The van der Waals surface area contributed by atoms with Crippen LogP contribution < -0.4 is 9.47 Å². The topological polar surface area (TPSA) is 44.8 Å². The maximum absolute atomic E-state index is 11.0. The fourth-order valence-electron chi connectivity index (χ4n) is 1.79. The predicted molar refractivity (Wildman–Crippen MR) is 55.4 cm³/mol. The molecule has 4 heteroatoms. The molecule has 4 nitrogen and oxygen atoms in total. The van der Waals surface area contributed by atoms with Crippen LogP contribution in [0.4, 0.5) is 0 Å². The van der Waals surface area contributed by atoms with E-state index in [2.05, 4.69) is 0 Å². The molecule has 82 valence electrons. The lowest BCUT2D eigenvalue weighted by Gasteiger charge is -2.19. The highest BCUT2D eigenvalue weighted by molar-refractivity contribution is 5.84. The van der Waals surface area contributed by atoms with Crippen molar-refractivity contribution in [2.24, 2.45) is 0 Å². The zero-order valence-electron chi connectivity index (χ0n) is 8.51. The molecule has 3 rings (SSSR count). The number of ether oxygens (including phenoxy) is 3. The Balaban J connectivity index is 1.91. The Bertz CT molecular complexity index is 464. The number of rotatable bonds is 1. The van der Waals surface area contributed by atoms with E-state index in [4.69, 9.17) is 14.2 Å². The Morgan fingerprint density at radius 3 is 2.69 bits per heavy atom. The largest absolute Gasteiger partial charge is 0.486 e. The molecular weight excluding hydrogens is 208 g/mol. The molecule has 16 heavy (non-hydrogen) atoms. The predicted octanol–water partition coefficient (Wildman–Crippen LogP) is 1.61. The number of fused-ring (bicyclic) bond motifs is 1. The van der Waals surface area contributed by atoms with E-state index in [0.29, 0.717) is 19.0 Å². The number of benzene rings is 1. The minimum absolute atomic E-state index is 0.302. The minimum atomic E-state index is -0.306. The summed E-state index contributed by atoms with van der Waals surface area (Å²) >= 11 is 0. The lowest BCUT2D eigenvalue weighted by atomic mass is 10.1. The molecule has 1 aromatic carbocycles. The average molecular weight is 218 g/mol. The van der Waals surface area contributed by atoms with Crippen LogP contribution in [0.1, 0.15) is 11.7 Å². The van der Waals surface area contributed by atoms with Crippen LogP contribution in [0.2, 0.25) is 0 Å². The van der Waals surface area contributed by atoms with Crippen molar-refractivity contribution >= 4 is 5.97 Å². The van der Waals surface area contributed by atoms with Crippen molar-refractivity contribution in [1.29, 1.82) is 0 Å².